The molecule has 20 heavy (non-hydrogen) atoms. The van der Waals surface area contributed by atoms with Crippen molar-refractivity contribution in [2.45, 2.75) is 37.1 Å². The van der Waals surface area contributed by atoms with Gasteiger partial charge in [-0.25, -0.2) is 17.9 Å². The van der Waals surface area contributed by atoms with Crippen molar-refractivity contribution in [3.8, 4) is 0 Å². The van der Waals surface area contributed by atoms with Gasteiger partial charge in [0.05, 0.1) is 0 Å². The Morgan fingerprint density at radius 1 is 1.45 bits per heavy atom. The van der Waals surface area contributed by atoms with Gasteiger partial charge in [-0.2, -0.15) is 0 Å². The van der Waals surface area contributed by atoms with Crippen molar-refractivity contribution in [1.82, 2.24) is 10.0 Å². The zero-order chi connectivity index (χ0) is 15.6. The second-order valence-electron chi connectivity index (χ2n) is 5.05. The summed E-state index contributed by atoms with van der Waals surface area (Å²) in [6.07, 6.45) is -0.607. The minimum atomic E-state index is -3.64. The highest BCUT2D eigenvalue weighted by Crippen LogP contribution is 2.31. The Balaban J connectivity index is 2.92. The predicted octanol–water partition coefficient (Wildman–Crippen LogP) is 2.33. The van der Waals surface area contributed by atoms with Gasteiger partial charge < -0.3 is 10.1 Å². The highest BCUT2D eigenvalue weighted by molar-refractivity contribution is 7.91. The SMILES string of the molecule is CNC(=O)OCc1cc(S(=O)(=O)NC(C)(C)C)sc1Cl. The second-order valence-corrected chi connectivity index (χ2v) is 8.61. The molecule has 1 rings (SSSR count). The normalized spacial score (nSPS) is 12.2. The van der Waals surface area contributed by atoms with E-state index in [-0.39, 0.29) is 15.2 Å². The van der Waals surface area contributed by atoms with Gasteiger partial charge in [0.2, 0.25) is 0 Å². The predicted molar refractivity (Wildman–Crippen MR) is 78.6 cm³/mol. The largest absolute Gasteiger partial charge is 0.445 e. The van der Waals surface area contributed by atoms with Gasteiger partial charge in [0.25, 0.3) is 10.0 Å². The molecule has 0 aliphatic rings. The van der Waals surface area contributed by atoms with Crippen LogP contribution in [0, 0.1) is 0 Å². The molecule has 0 bridgehead atoms. The summed E-state index contributed by atoms with van der Waals surface area (Å²) in [6, 6.07) is 1.41. The van der Waals surface area contributed by atoms with E-state index in [4.69, 9.17) is 16.3 Å². The van der Waals surface area contributed by atoms with Crippen molar-refractivity contribution < 1.29 is 17.9 Å². The maximum atomic E-state index is 12.1. The number of halogens is 1. The Bertz CT molecular complexity index is 590. The van der Waals surface area contributed by atoms with Crippen LogP contribution in [-0.4, -0.2) is 27.1 Å². The maximum Gasteiger partial charge on any atom is 0.407 e. The van der Waals surface area contributed by atoms with Gasteiger partial charge in [0.1, 0.15) is 15.2 Å². The maximum absolute atomic E-state index is 12.1. The summed E-state index contributed by atoms with van der Waals surface area (Å²) >= 11 is 6.89. The fourth-order valence-corrected chi connectivity index (χ4v) is 4.42. The molecule has 0 atom stereocenters. The summed E-state index contributed by atoms with van der Waals surface area (Å²) in [7, 11) is -2.20. The fourth-order valence-electron chi connectivity index (χ4n) is 1.28. The van der Waals surface area contributed by atoms with Crippen molar-refractivity contribution >= 4 is 39.1 Å². The van der Waals surface area contributed by atoms with Crippen LogP contribution >= 0.6 is 22.9 Å². The van der Waals surface area contributed by atoms with Crippen molar-refractivity contribution in [3.63, 3.8) is 0 Å². The molecule has 0 saturated carbocycles. The molecule has 0 spiro atoms. The van der Waals surface area contributed by atoms with Gasteiger partial charge in [-0.15, -0.1) is 11.3 Å². The Morgan fingerprint density at radius 3 is 2.55 bits per heavy atom. The number of carbonyl (C=O) groups is 1. The first-order chi connectivity index (χ1) is 9.05. The van der Waals surface area contributed by atoms with Gasteiger partial charge in [-0.1, -0.05) is 11.6 Å². The smallest absolute Gasteiger partial charge is 0.407 e. The Hall–Kier alpha value is -0.830. The lowest BCUT2D eigenvalue weighted by Gasteiger charge is -2.19. The number of nitrogens with one attached hydrogen (secondary N) is 2. The fraction of sp³-hybridized carbons (Fsp3) is 0.545. The molecule has 0 saturated heterocycles. The van der Waals surface area contributed by atoms with Crippen molar-refractivity contribution in [2.75, 3.05) is 7.05 Å². The molecule has 6 nitrogen and oxygen atoms in total. The number of sulfonamides is 1. The molecule has 9 heteroatoms. The Kier molecular flexibility index (Phi) is 5.42. The Labute approximate surface area is 127 Å². The monoisotopic (exact) mass is 340 g/mol. The van der Waals surface area contributed by atoms with Crippen LogP contribution in [-0.2, 0) is 21.4 Å². The molecule has 0 aliphatic heterocycles. The lowest BCUT2D eigenvalue weighted by atomic mass is 10.1. The first-order valence-corrected chi connectivity index (χ1v) is 8.39. The molecule has 0 fully saturated rings. The number of rotatable bonds is 4. The molecule has 0 aliphatic carbocycles. The quantitative estimate of drug-likeness (QED) is 0.881. The van der Waals surface area contributed by atoms with E-state index in [1.165, 1.54) is 13.1 Å². The minimum Gasteiger partial charge on any atom is -0.445 e. The molecule has 0 radical (unpaired) electrons. The summed E-state index contributed by atoms with van der Waals surface area (Å²) in [6.45, 7) is 5.15. The number of thiophene rings is 1. The number of alkyl carbamates (subject to hydrolysis) is 1. The highest BCUT2D eigenvalue weighted by Gasteiger charge is 2.25. The molecule has 2 N–H and O–H groups in total. The van der Waals surface area contributed by atoms with Crippen molar-refractivity contribution in [3.05, 3.63) is 16.0 Å². The van der Waals surface area contributed by atoms with E-state index in [9.17, 15) is 13.2 Å². The van der Waals surface area contributed by atoms with E-state index in [0.29, 0.717) is 5.56 Å². The van der Waals surface area contributed by atoms with Crippen LogP contribution in [0.4, 0.5) is 4.79 Å². The minimum absolute atomic E-state index is 0.0833. The van der Waals surface area contributed by atoms with Crippen molar-refractivity contribution in [1.29, 1.82) is 0 Å². The standard InChI is InChI=1S/C11H17ClN2O4S2/c1-11(2,3)14-20(16,17)8-5-7(9(12)19-8)6-18-10(15)13-4/h5,14H,6H2,1-4H3,(H,13,15). The molecular formula is C11H17ClN2O4S2. The van der Waals surface area contributed by atoms with Gasteiger partial charge in [0.15, 0.2) is 0 Å². The van der Waals surface area contributed by atoms with Gasteiger partial charge in [0, 0.05) is 18.2 Å². The number of carbonyl (C=O) groups excluding carboxylic acids is 1. The van der Waals surface area contributed by atoms with Crippen LogP contribution < -0.4 is 10.0 Å². The topological polar surface area (TPSA) is 84.5 Å². The second kappa shape index (κ2) is 6.30. The highest BCUT2D eigenvalue weighted by atomic mass is 35.5. The van der Waals surface area contributed by atoms with E-state index >= 15 is 0 Å². The third-order valence-corrected chi connectivity index (χ3v) is 5.67. The average molecular weight is 341 g/mol. The lowest BCUT2D eigenvalue weighted by molar-refractivity contribution is 0.142. The first kappa shape index (κ1) is 17.2. The average Bonchev–Trinajstić information content (AvgIpc) is 2.65. The van der Waals surface area contributed by atoms with Crippen molar-refractivity contribution in [2.24, 2.45) is 0 Å². The summed E-state index contributed by atoms with van der Waals surface area (Å²) < 4.78 is 32.0. The molecule has 1 heterocycles. The summed E-state index contributed by atoms with van der Waals surface area (Å²) in [5, 5.41) is 2.29. The number of amides is 1. The van der Waals surface area contributed by atoms with E-state index in [2.05, 4.69) is 10.0 Å². The first-order valence-electron chi connectivity index (χ1n) is 5.72. The third kappa shape index (κ3) is 4.93. The van der Waals surface area contributed by atoms with Crippen LogP contribution in [0.1, 0.15) is 26.3 Å². The molecule has 114 valence electrons. The molecule has 1 amide bonds. The molecular weight excluding hydrogens is 324 g/mol. The number of hydrogen-bond donors (Lipinski definition) is 2. The van der Waals surface area contributed by atoms with E-state index < -0.39 is 21.7 Å². The summed E-state index contributed by atoms with van der Waals surface area (Å²) in [4.78, 5) is 11.0. The van der Waals surface area contributed by atoms with Gasteiger partial charge in [-0.3, -0.25) is 0 Å². The molecule has 1 aromatic heterocycles. The Morgan fingerprint density at radius 2 is 2.05 bits per heavy atom. The lowest BCUT2D eigenvalue weighted by Crippen LogP contribution is -2.40. The van der Waals surface area contributed by atoms with Gasteiger partial charge >= 0.3 is 6.09 Å². The van der Waals surface area contributed by atoms with E-state index in [0.717, 1.165) is 11.3 Å². The zero-order valence-corrected chi connectivity index (χ0v) is 14.0. The van der Waals surface area contributed by atoms with E-state index in [1.54, 1.807) is 20.8 Å². The summed E-state index contributed by atoms with van der Waals surface area (Å²) in [5.41, 5.74) is -0.136. The number of ether oxygens (including phenoxy) is 1. The van der Waals surface area contributed by atoms with E-state index in [1.807, 2.05) is 0 Å². The molecule has 0 unspecified atom stereocenters. The van der Waals surface area contributed by atoms with Crippen LogP contribution in [0.5, 0.6) is 0 Å². The van der Waals surface area contributed by atoms with Crippen LogP contribution in [0.3, 0.4) is 0 Å². The molecule has 1 aromatic rings. The summed E-state index contributed by atoms with van der Waals surface area (Å²) in [5.74, 6) is 0. The van der Waals surface area contributed by atoms with Crippen LogP contribution in [0.15, 0.2) is 10.3 Å². The molecule has 0 aromatic carbocycles. The van der Waals surface area contributed by atoms with Crippen LogP contribution in [0.2, 0.25) is 4.34 Å². The third-order valence-electron chi connectivity index (χ3n) is 2.00. The van der Waals surface area contributed by atoms with Crippen LogP contribution in [0.25, 0.3) is 0 Å². The number of hydrogen-bond acceptors (Lipinski definition) is 5. The zero-order valence-electron chi connectivity index (χ0n) is 11.6. The van der Waals surface area contributed by atoms with Gasteiger partial charge in [-0.05, 0) is 26.8 Å².